The van der Waals surface area contributed by atoms with E-state index < -0.39 is 0 Å². The van der Waals surface area contributed by atoms with E-state index in [9.17, 15) is 4.79 Å². The summed E-state index contributed by atoms with van der Waals surface area (Å²) < 4.78 is 0. The maximum Gasteiger partial charge on any atom is 0.226 e. The van der Waals surface area contributed by atoms with Gasteiger partial charge in [0, 0.05) is 0 Å². The Balaban J connectivity index is 2.08. The predicted octanol–water partition coefficient (Wildman–Crippen LogP) is 2.95. The summed E-state index contributed by atoms with van der Waals surface area (Å²) in [6, 6.07) is 8.33. The maximum atomic E-state index is 12.7. The fourth-order valence-corrected chi connectivity index (χ4v) is 3.15. The van der Waals surface area contributed by atoms with Crippen LogP contribution in [0.25, 0.3) is 0 Å². The minimum atomic E-state index is -0.178. The van der Waals surface area contributed by atoms with Gasteiger partial charge in [0.15, 0.2) is 0 Å². The van der Waals surface area contributed by atoms with Crippen LogP contribution in [0, 0.1) is 12.3 Å². The van der Waals surface area contributed by atoms with E-state index in [1.54, 1.807) is 0 Å². The lowest BCUT2D eigenvalue weighted by molar-refractivity contribution is -0.133. The van der Waals surface area contributed by atoms with Crippen LogP contribution in [-0.4, -0.2) is 19.0 Å². The molecule has 0 spiro atoms. The van der Waals surface area contributed by atoms with Gasteiger partial charge in [-0.1, -0.05) is 31.2 Å². The second-order valence-corrected chi connectivity index (χ2v) is 5.94. The lowest BCUT2D eigenvalue weighted by Crippen LogP contribution is -2.47. The molecule has 0 aromatic heterocycles. The summed E-state index contributed by atoms with van der Waals surface area (Å²) in [7, 11) is 0. The molecule has 0 aliphatic carbocycles. The molecule has 0 radical (unpaired) electrons. The fourth-order valence-electron chi connectivity index (χ4n) is 3.15. The molecule has 1 heterocycles. The van der Waals surface area contributed by atoms with Crippen molar-refractivity contribution >= 4 is 5.91 Å². The zero-order valence-electron chi connectivity index (χ0n) is 12.8. The van der Waals surface area contributed by atoms with E-state index in [4.69, 9.17) is 0 Å². The summed E-state index contributed by atoms with van der Waals surface area (Å²) in [6.45, 7) is 8.19. The van der Waals surface area contributed by atoms with Crippen molar-refractivity contribution in [2.24, 2.45) is 5.41 Å². The van der Waals surface area contributed by atoms with Crippen LogP contribution in [0.2, 0.25) is 0 Å². The van der Waals surface area contributed by atoms with Gasteiger partial charge in [0.2, 0.25) is 5.91 Å². The summed E-state index contributed by atoms with van der Waals surface area (Å²) in [5.41, 5.74) is 2.26. The first-order chi connectivity index (χ1) is 9.59. The molecule has 2 rings (SSSR count). The van der Waals surface area contributed by atoms with Crippen molar-refractivity contribution in [3.8, 4) is 0 Å². The van der Waals surface area contributed by atoms with Crippen LogP contribution < -0.4 is 10.6 Å². The van der Waals surface area contributed by atoms with Gasteiger partial charge < -0.3 is 10.6 Å². The third-order valence-corrected chi connectivity index (χ3v) is 4.72. The van der Waals surface area contributed by atoms with Crippen molar-refractivity contribution in [3.05, 3.63) is 35.4 Å². The van der Waals surface area contributed by atoms with Crippen molar-refractivity contribution in [3.63, 3.8) is 0 Å². The molecule has 1 fully saturated rings. The lowest BCUT2D eigenvalue weighted by atomic mass is 9.75. The molecular formula is C17H26N2O. The van der Waals surface area contributed by atoms with Gasteiger partial charge in [0.05, 0.1) is 11.5 Å². The Bertz CT molecular complexity index is 464. The normalized spacial score (nSPS) is 19.4. The molecule has 2 N–H and O–H groups in total. The molecule has 1 saturated heterocycles. The zero-order valence-corrected chi connectivity index (χ0v) is 12.8. The summed E-state index contributed by atoms with van der Waals surface area (Å²) in [5.74, 6) is 0.220. The molecule has 1 aliphatic rings. The van der Waals surface area contributed by atoms with Crippen molar-refractivity contribution < 1.29 is 4.79 Å². The highest BCUT2D eigenvalue weighted by atomic mass is 16.2. The lowest BCUT2D eigenvalue weighted by Gasteiger charge is -2.36. The van der Waals surface area contributed by atoms with Crippen LogP contribution in [0.3, 0.4) is 0 Å². The van der Waals surface area contributed by atoms with Crippen LogP contribution in [0.1, 0.15) is 50.3 Å². The van der Waals surface area contributed by atoms with Crippen LogP contribution in [0.4, 0.5) is 0 Å². The monoisotopic (exact) mass is 274 g/mol. The van der Waals surface area contributed by atoms with Gasteiger partial charge in [-0.3, -0.25) is 4.79 Å². The Morgan fingerprint density at radius 3 is 2.60 bits per heavy atom. The number of carbonyl (C=O) groups excluding carboxylic acids is 1. The summed E-state index contributed by atoms with van der Waals surface area (Å²) in [4.78, 5) is 12.7. The fraction of sp³-hybridized carbons (Fsp3) is 0.588. The predicted molar refractivity (Wildman–Crippen MR) is 82.6 cm³/mol. The molecular weight excluding hydrogens is 248 g/mol. The molecule has 1 amide bonds. The van der Waals surface area contributed by atoms with Gasteiger partial charge in [-0.25, -0.2) is 0 Å². The molecule has 0 bridgehead atoms. The highest BCUT2D eigenvalue weighted by molar-refractivity contribution is 5.83. The molecule has 1 aromatic rings. The first kappa shape index (κ1) is 15.0. The smallest absolute Gasteiger partial charge is 0.226 e. The number of amides is 1. The Morgan fingerprint density at radius 2 is 2.00 bits per heavy atom. The van der Waals surface area contributed by atoms with Crippen LogP contribution >= 0.6 is 0 Å². The topological polar surface area (TPSA) is 41.1 Å². The van der Waals surface area contributed by atoms with Crippen LogP contribution in [0.15, 0.2) is 24.3 Å². The number of hydrogen-bond donors (Lipinski definition) is 2. The van der Waals surface area contributed by atoms with Crippen molar-refractivity contribution in [2.75, 3.05) is 13.1 Å². The van der Waals surface area contributed by atoms with Gasteiger partial charge in [-0.2, -0.15) is 0 Å². The minimum Gasteiger partial charge on any atom is -0.349 e. The first-order valence-corrected chi connectivity index (χ1v) is 7.66. The second-order valence-electron chi connectivity index (χ2n) is 5.94. The number of hydrogen-bond acceptors (Lipinski definition) is 2. The summed E-state index contributed by atoms with van der Waals surface area (Å²) in [5, 5.41) is 6.57. The van der Waals surface area contributed by atoms with E-state index in [0.717, 1.165) is 32.4 Å². The Labute approximate surface area is 122 Å². The van der Waals surface area contributed by atoms with Gasteiger partial charge >= 0.3 is 0 Å². The summed E-state index contributed by atoms with van der Waals surface area (Å²) in [6.07, 6.45) is 2.80. The highest BCUT2D eigenvalue weighted by Gasteiger charge is 2.38. The largest absolute Gasteiger partial charge is 0.349 e. The molecule has 3 nitrogen and oxygen atoms in total. The van der Waals surface area contributed by atoms with Crippen LogP contribution in [0.5, 0.6) is 0 Å². The second kappa shape index (κ2) is 6.40. The molecule has 3 heteroatoms. The zero-order chi connectivity index (χ0) is 14.6. The average Bonchev–Trinajstić information content (AvgIpc) is 2.48. The standard InChI is InChI=1S/C17H26N2O/c1-4-17(9-11-18-12-10-17)16(20)19-14(3)15-8-6-5-7-13(15)2/h5-8,14,18H,4,9-12H2,1-3H3,(H,19,20)/t14-/m0/s1. The molecule has 0 saturated carbocycles. The number of carbonyl (C=O) groups is 1. The van der Waals surface area contributed by atoms with E-state index in [-0.39, 0.29) is 17.4 Å². The minimum absolute atomic E-state index is 0.0713. The Kier molecular flexibility index (Phi) is 4.81. The van der Waals surface area contributed by atoms with Gasteiger partial charge in [0.25, 0.3) is 0 Å². The van der Waals surface area contributed by atoms with E-state index in [0.29, 0.717) is 0 Å². The van der Waals surface area contributed by atoms with Gasteiger partial charge in [0.1, 0.15) is 0 Å². The van der Waals surface area contributed by atoms with Crippen molar-refractivity contribution in [1.82, 2.24) is 10.6 Å². The summed E-state index contributed by atoms with van der Waals surface area (Å²) >= 11 is 0. The van der Waals surface area contributed by atoms with Gasteiger partial charge in [-0.15, -0.1) is 0 Å². The Hall–Kier alpha value is -1.35. The van der Waals surface area contributed by atoms with E-state index in [1.165, 1.54) is 11.1 Å². The average molecular weight is 274 g/mol. The molecule has 1 atom stereocenters. The molecule has 1 aromatic carbocycles. The quantitative estimate of drug-likeness (QED) is 0.886. The Morgan fingerprint density at radius 1 is 1.35 bits per heavy atom. The SMILES string of the molecule is CCC1(C(=O)N[C@@H](C)c2ccccc2C)CCNCC1. The molecule has 1 aliphatic heterocycles. The van der Waals surface area contributed by atoms with E-state index >= 15 is 0 Å². The number of rotatable bonds is 4. The van der Waals surface area contributed by atoms with Gasteiger partial charge in [-0.05, 0) is 57.3 Å². The number of piperidine rings is 1. The molecule has 110 valence electrons. The molecule has 0 unspecified atom stereocenters. The van der Waals surface area contributed by atoms with Crippen molar-refractivity contribution in [2.45, 2.75) is 46.1 Å². The number of aryl methyl sites for hydroxylation is 1. The number of nitrogens with one attached hydrogen (secondary N) is 2. The maximum absolute atomic E-state index is 12.7. The first-order valence-electron chi connectivity index (χ1n) is 7.66. The molecule has 20 heavy (non-hydrogen) atoms. The van der Waals surface area contributed by atoms with E-state index in [1.807, 2.05) is 12.1 Å². The third kappa shape index (κ3) is 3.04. The number of benzene rings is 1. The van der Waals surface area contributed by atoms with E-state index in [2.05, 4.69) is 43.5 Å². The van der Waals surface area contributed by atoms with Crippen LogP contribution in [-0.2, 0) is 4.79 Å². The third-order valence-electron chi connectivity index (χ3n) is 4.72. The van der Waals surface area contributed by atoms with Crippen molar-refractivity contribution in [1.29, 1.82) is 0 Å². The highest BCUT2D eigenvalue weighted by Crippen LogP contribution is 2.33.